The number of hydrogen-bond acceptors (Lipinski definition) is 7. The molecular formula is C36H37N5O2. The topological polar surface area (TPSA) is 52.9 Å². The number of likely N-dealkylation sites (N-methyl/N-ethyl adjacent to an activating group) is 2. The highest BCUT2D eigenvalue weighted by molar-refractivity contribution is 6.00. The third kappa shape index (κ3) is 3.04. The fraction of sp³-hybridized carbons (Fsp3) is 0.333. The number of aliphatic imine (C=N–C) groups is 2. The number of hydrogen-bond donors (Lipinski definition) is 0. The van der Waals surface area contributed by atoms with E-state index in [1.165, 1.54) is 11.3 Å². The van der Waals surface area contributed by atoms with Crippen LogP contribution in [0.3, 0.4) is 0 Å². The van der Waals surface area contributed by atoms with E-state index in [4.69, 9.17) is 19.5 Å². The van der Waals surface area contributed by atoms with Crippen LogP contribution in [-0.4, -0.2) is 52.1 Å². The van der Waals surface area contributed by atoms with E-state index in [9.17, 15) is 0 Å². The maximum atomic E-state index is 7.07. The van der Waals surface area contributed by atoms with Gasteiger partial charge in [0, 0.05) is 56.7 Å². The van der Waals surface area contributed by atoms with E-state index < -0.39 is 16.9 Å². The molecular weight excluding hydrogens is 534 g/mol. The molecule has 2 spiro atoms. The monoisotopic (exact) mass is 571 g/mol. The first-order valence-corrected chi connectivity index (χ1v) is 14.9. The van der Waals surface area contributed by atoms with Crippen molar-refractivity contribution < 1.29 is 9.47 Å². The van der Waals surface area contributed by atoms with Crippen molar-refractivity contribution in [2.24, 2.45) is 9.98 Å². The van der Waals surface area contributed by atoms with Crippen LogP contribution in [0.1, 0.15) is 38.8 Å². The summed E-state index contributed by atoms with van der Waals surface area (Å²) in [7, 11) is 8.34. The maximum absolute atomic E-state index is 7.07. The predicted octanol–water partition coefficient (Wildman–Crippen LogP) is 7.34. The Labute approximate surface area is 253 Å². The van der Waals surface area contributed by atoms with E-state index in [0.29, 0.717) is 0 Å². The molecule has 0 radical (unpaired) electrons. The first kappa shape index (κ1) is 26.1. The average molecular weight is 572 g/mol. The quantitative estimate of drug-likeness (QED) is 0.239. The lowest BCUT2D eigenvalue weighted by Crippen LogP contribution is -2.61. The molecule has 43 heavy (non-hydrogen) atoms. The van der Waals surface area contributed by atoms with Gasteiger partial charge in [-0.1, -0.05) is 30.3 Å². The fourth-order valence-corrected chi connectivity index (χ4v) is 7.73. The van der Waals surface area contributed by atoms with Crippen LogP contribution < -0.4 is 24.2 Å². The van der Waals surface area contributed by atoms with Gasteiger partial charge in [-0.2, -0.15) is 0 Å². The molecule has 7 nitrogen and oxygen atoms in total. The molecule has 8 rings (SSSR count). The Morgan fingerprint density at radius 3 is 2.07 bits per heavy atom. The molecule has 0 bridgehead atoms. The standard InChI is InChI=1S/C36H37N5O2/c1-33(2)25-17-23(39(5)6)14-15-28(25)40(7)35(33)20-37-27-18-26-29(19-31(27)43-35)41(8)36(34(26,3)4)21-38-32-24-12-10-9-11-22(24)13-16-30(32)42-36/h9-21H,1-8H3. The Bertz CT molecular complexity index is 1920. The Morgan fingerprint density at radius 1 is 0.674 bits per heavy atom. The summed E-state index contributed by atoms with van der Waals surface area (Å²) in [6.45, 7) is 8.94. The van der Waals surface area contributed by atoms with Crippen molar-refractivity contribution >= 4 is 51.6 Å². The zero-order valence-electron chi connectivity index (χ0n) is 26.1. The van der Waals surface area contributed by atoms with Crippen LogP contribution in [-0.2, 0) is 10.8 Å². The van der Waals surface area contributed by atoms with E-state index >= 15 is 0 Å². The zero-order valence-corrected chi connectivity index (χ0v) is 26.1. The lowest BCUT2D eigenvalue weighted by molar-refractivity contribution is 0.0823. The van der Waals surface area contributed by atoms with Crippen molar-refractivity contribution in [3.05, 3.63) is 77.9 Å². The molecule has 4 aliphatic heterocycles. The predicted molar refractivity (Wildman–Crippen MR) is 177 cm³/mol. The van der Waals surface area contributed by atoms with Crippen molar-refractivity contribution in [3.8, 4) is 11.5 Å². The van der Waals surface area contributed by atoms with Gasteiger partial charge in [0.1, 0.15) is 17.1 Å². The molecule has 218 valence electrons. The van der Waals surface area contributed by atoms with Crippen LogP contribution in [0.25, 0.3) is 10.8 Å². The van der Waals surface area contributed by atoms with Gasteiger partial charge in [-0.05, 0) is 74.5 Å². The van der Waals surface area contributed by atoms with Crippen molar-refractivity contribution in [2.75, 3.05) is 42.9 Å². The molecule has 0 N–H and O–H groups in total. The Morgan fingerprint density at radius 2 is 1.33 bits per heavy atom. The van der Waals surface area contributed by atoms with Crippen LogP contribution in [0.15, 0.2) is 76.7 Å². The minimum absolute atomic E-state index is 0.360. The van der Waals surface area contributed by atoms with Crippen LogP contribution in [0.4, 0.5) is 28.4 Å². The number of rotatable bonds is 1. The summed E-state index contributed by atoms with van der Waals surface area (Å²) in [4.78, 5) is 16.7. The maximum Gasteiger partial charge on any atom is 0.228 e. The van der Waals surface area contributed by atoms with Gasteiger partial charge in [0.05, 0.1) is 23.3 Å². The number of benzene rings is 4. The van der Waals surface area contributed by atoms with Gasteiger partial charge in [0.15, 0.2) is 5.75 Å². The third-order valence-electron chi connectivity index (χ3n) is 10.6. The fourth-order valence-electron chi connectivity index (χ4n) is 7.73. The summed E-state index contributed by atoms with van der Waals surface area (Å²) in [5.74, 6) is 1.55. The average Bonchev–Trinajstić information content (AvgIpc) is 3.25. The van der Waals surface area contributed by atoms with E-state index in [1.807, 2.05) is 24.6 Å². The Balaban J connectivity index is 1.21. The second kappa shape index (κ2) is 8.10. The molecule has 0 aliphatic carbocycles. The number of anilines is 3. The summed E-state index contributed by atoms with van der Waals surface area (Å²) in [5, 5.41) is 2.24. The van der Waals surface area contributed by atoms with Gasteiger partial charge >= 0.3 is 0 Å². The minimum Gasteiger partial charge on any atom is -0.459 e. The highest BCUT2D eigenvalue weighted by Gasteiger charge is 2.61. The molecule has 4 aromatic carbocycles. The molecule has 4 aromatic rings. The van der Waals surface area contributed by atoms with E-state index in [2.05, 4.69) is 125 Å². The van der Waals surface area contributed by atoms with Gasteiger partial charge in [-0.25, -0.2) is 0 Å². The summed E-state index contributed by atoms with van der Waals surface area (Å²) >= 11 is 0. The normalized spacial score (nSPS) is 24.9. The first-order valence-electron chi connectivity index (χ1n) is 14.9. The van der Waals surface area contributed by atoms with E-state index in [-0.39, 0.29) is 5.41 Å². The second-order valence-corrected chi connectivity index (χ2v) is 13.5. The molecule has 2 atom stereocenters. The second-order valence-electron chi connectivity index (χ2n) is 13.5. The van der Waals surface area contributed by atoms with Gasteiger partial charge < -0.3 is 24.2 Å². The molecule has 0 saturated heterocycles. The minimum atomic E-state index is -0.807. The van der Waals surface area contributed by atoms with Gasteiger partial charge in [-0.3, -0.25) is 9.98 Å². The van der Waals surface area contributed by atoms with Crippen LogP contribution in [0.5, 0.6) is 11.5 Å². The smallest absolute Gasteiger partial charge is 0.228 e. The zero-order chi connectivity index (χ0) is 30.1. The van der Waals surface area contributed by atoms with Crippen LogP contribution in [0, 0.1) is 0 Å². The SMILES string of the molecule is CN(C)c1ccc2c(c1)C(C)(C)C1(C=Nc3cc4c(cc3O1)N(C)C1(C=Nc3c(ccc5ccccc35)O1)C4(C)C)N2C. The summed E-state index contributed by atoms with van der Waals surface area (Å²) in [6.07, 6.45) is 3.98. The molecule has 0 saturated carbocycles. The number of nitrogens with zero attached hydrogens (tertiary/aromatic N) is 5. The summed E-state index contributed by atoms with van der Waals surface area (Å²) in [6, 6.07) is 23.4. The van der Waals surface area contributed by atoms with Crippen molar-refractivity contribution in [1.82, 2.24) is 0 Å². The molecule has 0 fully saturated rings. The molecule has 4 heterocycles. The molecule has 2 unspecified atom stereocenters. The van der Waals surface area contributed by atoms with Crippen LogP contribution >= 0.6 is 0 Å². The number of ether oxygens (including phenoxy) is 2. The lowest BCUT2D eigenvalue weighted by Gasteiger charge is -2.45. The van der Waals surface area contributed by atoms with Crippen LogP contribution in [0.2, 0.25) is 0 Å². The first-order chi connectivity index (χ1) is 20.4. The largest absolute Gasteiger partial charge is 0.459 e. The highest BCUT2D eigenvalue weighted by atomic mass is 16.5. The number of fused-ring (bicyclic) bond motifs is 6. The van der Waals surface area contributed by atoms with Gasteiger partial charge in [0.2, 0.25) is 11.4 Å². The molecule has 0 aromatic heterocycles. The Hall–Kier alpha value is -4.52. The summed E-state index contributed by atoms with van der Waals surface area (Å²) in [5.41, 5.74) is 5.12. The molecule has 7 heteroatoms. The van der Waals surface area contributed by atoms with Crippen molar-refractivity contribution in [2.45, 2.75) is 50.0 Å². The molecule has 0 amide bonds. The highest BCUT2D eigenvalue weighted by Crippen LogP contribution is 2.59. The van der Waals surface area contributed by atoms with Crippen molar-refractivity contribution in [1.29, 1.82) is 0 Å². The third-order valence-corrected chi connectivity index (χ3v) is 10.6. The van der Waals surface area contributed by atoms with E-state index in [0.717, 1.165) is 50.6 Å². The van der Waals surface area contributed by atoms with E-state index in [1.54, 1.807) is 0 Å². The van der Waals surface area contributed by atoms with Gasteiger partial charge in [-0.15, -0.1) is 0 Å². The Kier molecular flexibility index (Phi) is 4.92. The van der Waals surface area contributed by atoms with Crippen molar-refractivity contribution in [3.63, 3.8) is 0 Å². The van der Waals surface area contributed by atoms with Gasteiger partial charge in [0.25, 0.3) is 0 Å². The molecule has 4 aliphatic rings. The summed E-state index contributed by atoms with van der Waals surface area (Å²) < 4.78 is 14.0. The lowest BCUT2D eigenvalue weighted by atomic mass is 9.76.